The molecule has 14 heavy (non-hydrogen) atoms. The van der Waals surface area contributed by atoms with E-state index in [2.05, 4.69) is 5.32 Å². The molecule has 0 unspecified atom stereocenters. The van der Waals surface area contributed by atoms with Gasteiger partial charge in [0.25, 0.3) is 0 Å². The average Bonchev–Trinajstić information content (AvgIpc) is 2.29. The Balaban J connectivity index is 2.48. The van der Waals surface area contributed by atoms with Crippen LogP contribution in [-0.4, -0.2) is 35.7 Å². The molecule has 1 aliphatic rings. The van der Waals surface area contributed by atoms with Crippen LogP contribution in [0.15, 0.2) is 0 Å². The molecule has 0 aromatic carbocycles. The first kappa shape index (κ1) is 11.7. The predicted octanol–water partition coefficient (Wildman–Crippen LogP) is 1.02. The molecular weight excluding hydrogens is 198 g/mol. The molecule has 1 aliphatic heterocycles. The molecule has 1 saturated heterocycles. The molecule has 80 valence electrons. The first-order chi connectivity index (χ1) is 6.74. The van der Waals surface area contributed by atoms with Crippen molar-refractivity contribution in [1.29, 1.82) is 0 Å². The van der Waals surface area contributed by atoms with E-state index >= 15 is 0 Å². The van der Waals surface area contributed by atoms with E-state index in [1.807, 2.05) is 6.92 Å². The number of hydrogen-bond donors (Lipinski definition) is 1. The summed E-state index contributed by atoms with van der Waals surface area (Å²) in [7, 11) is 0. The zero-order valence-corrected chi connectivity index (χ0v) is 9.36. The smallest absolute Gasteiger partial charge is 0.150 e. The minimum atomic E-state index is -0.118. The molecule has 3 nitrogen and oxygen atoms in total. The van der Waals surface area contributed by atoms with Crippen LogP contribution >= 0.6 is 11.8 Å². The highest BCUT2D eigenvalue weighted by Gasteiger charge is 2.18. The van der Waals surface area contributed by atoms with Gasteiger partial charge >= 0.3 is 0 Å². The summed E-state index contributed by atoms with van der Waals surface area (Å²) in [6, 6.07) is -0.118. The van der Waals surface area contributed by atoms with Gasteiger partial charge in [-0.1, -0.05) is 6.92 Å². The van der Waals surface area contributed by atoms with Crippen LogP contribution in [0.1, 0.15) is 26.2 Å². The maximum Gasteiger partial charge on any atom is 0.150 e. The highest BCUT2D eigenvalue weighted by molar-refractivity contribution is 7.99. The molecule has 0 saturated carbocycles. The molecule has 1 fully saturated rings. The lowest BCUT2D eigenvalue weighted by atomic mass is 10.1. The number of Topliss-reactive ketones (excluding diaryl/α,β-unsaturated/α-hetero) is 2. The molecule has 0 radical (unpaired) electrons. The van der Waals surface area contributed by atoms with Crippen LogP contribution in [0.4, 0.5) is 0 Å². The Hall–Kier alpha value is -0.350. The topological polar surface area (TPSA) is 46.2 Å². The fraction of sp³-hybridized carbons (Fsp3) is 0.800. The first-order valence-corrected chi connectivity index (χ1v) is 6.25. The molecule has 0 aliphatic carbocycles. The van der Waals surface area contributed by atoms with Crippen molar-refractivity contribution >= 4 is 23.3 Å². The maximum absolute atomic E-state index is 11.5. The highest BCUT2D eigenvalue weighted by Crippen LogP contribution is 2.10. The SMILES string of the molecule is CCC(=O)[C@@H]1CSCCCC(=O)CN1. The summed E-state index contributed by atoms with van der Waals surface area (Å²) in [5.74, 6) is 2.23. The Morgan fingerprint density at radius 2 is 2.43 bits per heavy atom. The van der Waals surface area contributed by atoms with Crippen molar-refractivity contribution in [3.05, 3.63) is 0 Å². The van der Waals surface area contributed by atoms with E-state index < -0.39 is 0 Å². The fourth-order valence-electron chi connectivity index (χ4n) is 1.41. The molecule has 0 bridgehead atoms. The van der Waals surface area contributed by atoms with Gasteiger partial charge in [-0.15, -0.1) is 0 Å². The summed E-state index contributed by atoms with van der Waals surface area (Å²) >= 11 is 1.76. The van der Waals surface area contributed by atoms with Crippen molar-refractivity contribution in [2.75, 3.05) is 18.1 Å². The summed E-state index contributed by atoms with van der Waals surface area (Å²) in [4.78, 5) is 22.7. The van der Waals surface area contributed by atoms with Crippen molar-refractivity contribution in [3.63, 3.8) is 0 Å². The molecule has 0 spiro atoms. The normalized spacial score (nSPS) is 24.9. The van der Waals surface area contributed by atoms with Gasteiger partial charge in [0, 0.05) is 18.6 Å². The molecule has 4 heteroatoms. The number of thioether (sulfide) groups is 1. The summed E-state index contributed by atoms with van der Waals surface area (Å²) < 4.78 is 0. The van der Waals surface area contributed by atoms with Gasteiger partial charge in [-0.2, -0.15) is 11.8 Å². The maximum atomic E-state index is 11.5. The summed E-state index contributed by atoms with van der Waals surface area (Å²) in [6.45, 7) is 2.22. The fourth-order valence-corrected chi connectivity index (χ4v) is 2.46. The third kappa shape index (κ3) is 3.80. The number of nitrogens with one attached hydrogen (secondary N) is 1. The Labute approximate surface area is 89.0 Å². The van der Waals surface area contributed by atoms with E-state index in [-0.39, 0.29) is 17.6 Å². The lowest BCUT2D eigenvalue weighted by molar-refractivity contribution is -0.121. The van der Waals surface area contributed by atoms with E-state index in [0.717, 1.165) is 17.9 Å². The van der Waals surface area contributed by atoms with Crippen molar-refractivity contribution in [1.82, 2.24) is 5.32 Å². The lowest BCUT2D eigenvalue weighted by Gasteiger charge is -2.14. The third-order valence-electron chi connectivity index (χ3n) is 2.31. The second-order valence-corrected chi connectivity index (χ2v) is 4.62. The van der Waals surface area contributed by atoms with Crippen molar-refractivity contribution in [2.24, 2.45) is 0 Å². The second-order valence-electron chi connectivity index (χ2n) is 3.47. The third-order valence-corrected chi connectivity index (χ3v) is 3.46. The Bertz CT molecular complexity index is 218. The van der Waals surface area contributed by atoms with Gasteiger partial charge in [0.05, 0.1) is 12.6 Å². The predicted molar refractivity (Wildman–Crippen MR) is 58.7 cm³/mol. The molecule has 0 aromatic rings. The summed E-state index contributed by atoms with van der Waals surface area (Å²) in [6.07, 6.45) is 2.14. The van der Waals surface area contributed by atoms with Crippen LogP contribution in [0.3, 0.4) is 0 Å². The van der Waals surface area contributed by atoms with Gasteiger partial charge in [-0.05, 0) is 12.2 Å². The van der Waals surface area contributed by atoms with E-state index in [4.69, 9.17) is 0 Å². The van der Waals surface area contributed by atoms with Gasteiger partial charge in [0.15, 0.2) is 0 Å². The van der Waals surface area contributed by atoms with Crippen molar-refractivity contribution < 1.29 is 9.59 Å². The number of carbonyl (C=O) groups excluding carboxylic acids is 2. The van der Waals surface area contributed by atoms with Gasteiger partial charge in [-0.25, -0.2) is 0 Å². The van der Waals surface area contributed by atoms with Crippen LogP contribution in [0.25, 0.3) is 0 Å². The Morgan fingerprint density at radius 3 is 3.14 bits per heavy atom. The molecule has 0 aromatic heterocycles. The van der Waals surface area contributed by atoms with Gasteiger partial charge in [0.1, 0.15) is 11.6 Å². The van der Waals surface area contributed by atoms with E-state index in [9.17, 15) is 9.59 Å². The molecule has 1 N–H and O–H groups in total. The molecular formula is C10H17NO2S. The van der Waals surface area contributed by atoms with Crippen LogP contribution < -0.4 is 5.32 Å². The molecule has 1 rings (SSSR count). The molecule has 1 heterocycles. The van der Waals surface area contributed by atoms with Gasteiger partial charge < -0.3 is 0 Å². The molecule has 0 amide bonds. The zero-order chi connectivity index (χ0) is 10.4. The van der Waals surface area contributed by atoms with E-state index in [1.54, 1.807) is 11.8 Å². The summed E-state index contributed by atoms with van der Waals surface area (Å²) in [5.41, 5.74) is 0. The Morgan fingerprint density at radius 1 is 1.64 bits per heavy atom. The standard InChI is InChI=1S/C10H17NO2S/c1-2-10(13)9-7-14-5-3-4-8(12)6-11-9/h9,11H,2-7H2,1H3/t9-/m0/s1. The van der Waals surface area contributed by atoms with Crippen molar-refractivity contribution in [2.45, 2.75) is 32.2 Å². The monoisotopic (exact) mass is 215 g/mol. The second kappa shape index (κ2) is 6.19. The van der Waals surface area contributed by atoms with Crippen LogP contribution in [0, 0.1) is 0 Å². The minimum Gasteiger partial charge on any atom is -0.300 e. The van der Waals surface area contributed by atoms with E-state index in [0.29, 0.717) is 19.4 Å². The van der Waals surface area contributed by atoms with Crippen LogP contribution in [0.5, 0.6) is 0 Å². The number of rotatable bonds is 2. The van der Waals surface area contributed by atoms with E-state index in [1.165, 1.54) is 0 Å². The number of hydrogen-bond acceptors (Lipinski definition) is 4. The van der Waals surface area contributed by atoms with Gasteiger partial charge in [0.2, 0.25) is 0 Å². The number of carbonyl (C=O) groups is 2. The highest BCUT2D eigenvalue weighted by atomic mass is 32.2. The quantitative estimate of drug-likeness (QED) is 0.747. The lowest BCUT2D eigenvalue weighted by Crippen LogP contribution is -2.40. The largest absolute Gasteiger partial charge is 0.300 e. The van der Waals surface area contributed by atoms with Crippen molar-refractivity contribution in [3.8, 4) is 0 Å². The first-order valence-electron chi connectivity index (χ1n) is 5.09. The number of ketones is 2. The zero-order valence-electron chi connectivity index (χ0n) is 8.54. The minimum absolute atomic E-state index is 0.118. The molecule has 1 atom stereocenters. The Kier molecular flexibility index (Phi) is 5.19. The average molecular weight is 215 g/mol. The van der Waals surface area contributed by atoms with Crippen LogP contribution in [-0.2, 0) is 9.59 Å². The van der Waals surface area contributed by atoms with Gasteiger partial charge in [-0.3, -0.25) is 14.9 Å². The summed E-state index contributed by atoms with van der Waals surface area (Å²) in [5, 5.41) is 3.04. The van der Waals surface area contributed by atoms with Crippen LogP contribution in [0.2, 0.25) is 0 Å².